The molecule has 0 atom stereocenters. The Morgan fingerprint density at radius 2 is 2.43 bits per heavy atom. The Kier molecular flexibility index (Phi) is 3.78. The molecule has 14 heavy (non-hydrogen) atoms. The van der Waals surface area contributed by atoms with Gasteiger partial charge in [0.05, 0.1) is 4.92 Å². The van der Waals surface area contributed by atoms with Crippen molar-refractivity contribution >= 4 is 44.6 Å². The van der Waals surface area contributed by atoms with Crippen LogP contribution in [0.2, 0.25) is 0 Å². The molecule has 0 aromatic carbocycles. The third-order valence-electron chi connectivity index (χ3n) is 1.19. The Labute approximate surface area is 94.3 Å². The SMILES string of the molecule is CN(C)C(=S)Sc1ncc([N+](=O)[O-])s1. The van der Waals surface area contributed by atoms with E-state index in [-0.39, 0.29) is 5.00 Å². The normalized spacial score (nSPS) is 9.86. The van der Waals surface area contributed by atoms with Gasteiger partial charge < -0.3 is 4.90 Å². The monoisotopic (exact) mass is 249 g/mol. The highest BCUT2D eigenvalue weighted by molar-refractivity contribution is 8.23. The molecule has 0 N–H and O–H groups in total. The summed E-state index contributed by atoms with van der Waals surface area (Å²) in [5.41, 5.74) is 0. The van der Waals surface area contributed by atoms with Gasteiger partial charge in [-0.05, 0) is 23.1 Å². The van der Waals surface area contributed by atoms with Crippen LogP contribution < -0.4 is 0 Å². The molecule has 0 unspecified atom stereocenters. The molecular formula is C6H7N3O2S3. The van der Waals surface area contributed by atoms with Gasteiger partial charge in [-0.2, -0.15) is 0 Å². The predicted molar refractivity (Wildman–Crippen MR) is 60.9 cm³/mol. The van der Waals surface area contributed by atoms with Gasteiger partial charge in [0.15, 0.2) is 4.34 Å². The largest absolute Gasteiger partial charge is 0.363 e. The first-order valence-corrected chi connectivity index (χ1v) is 5.54. The second-order valence-electron chi connectivity index (χ2n) is 2.48. The van der Waals surface area contributed by atoms with Crippen LogP contribution >= 0.6 is 35.3 Å². The lowest BCUT2D eigenvalue weighted by molar-refractivity contribution is -0.380. The Bertz CT molecular complexity index is 363. The molecule has 0 saturated carbocycles. The van der Waals surface area contributed by atoms with Gasteiger partial charge in [-0.1, -0.05) is 12.2 Å². The van der Waals surface area contributed by atoms with Crippen molar-refractivity contribution in [3.8, 4) is 0 Å². The number of thiocarbonyl (C=S) groups is 1. The Hall–Kier alpha value is -0.730. The molecule has 76 valence electrons. The number of aromatic nitrogens is 1. The zero-order chi connectivity index (χ0) is 10.7. The number of thioether (sulfide) groups is 1. The minimum Gasteiger partial charge on any atom is -0.363 e. The highest BCUT2D eigenvalue weighted by Crippen LogP contribution is 2.30. The van der Waals surface area contributed by atoms with E-state index in [9.17, 15) is 10.1 Å². The van der Waals surface area contributed by atoms with E-state index < -0.39 is 4.92 Å². The van der Waals surface area contributed by atoms with Crippen molar-refractivity contribution in [3.63, 3.8) is 0 Å². The molecule has 0 fully saturated rings. The molecule has 0 aliphatic carbocycles. The van der Waals surface area contributed by atoms with Gasteiger partial charge in [-0.3, -0.25) is 10.1 Å². The van der Waals surface area contributed by atoms with Crippen LogP contribution in [0.5, 0.6) is 0 Å². The zero-order valence-electron chi connectivity index (χ0n) is 7.46. The summed E-state index contributed by atoms with van der Waals surface area (Å²) in [6.45, 7) is 0. The van der Waals surface area contributed by atoms with E-state index >= 15 is 0 Å². The van der Waals surface area contributed by atoms with Gasteiger partial charge in [-0.25, -0.2) is 4.98 Å². The van der Waals surface area contributed by atoms with Crippen LogP contribution in [-0.2, 0) is 0 Å². The summed E-state index contributed by atoms with van der Waals surface area (Å²) in [7, 11) is 3.63. The van der Waals surface area contributed by atoms with E-state index in [1.807, 2.05) is 14.1 Å². The summed E-state index contributed by atoms with van der Waals surface area (Å²) in [5, 5.41) is 10.4. The molecule has 0 radical (unpaired) electrons. The molecule has 1 heterocycles. The van der Waals surface area contributed by atoms with Gasteiger partial charge in [-0.15, -0.1) is 0 Å². The minimum atomic E-state index is -0.458. The van der Waals surface area contributed by atoms with E-state index in [0.717, 1.165) is 11.3 Å². The zero-order valence-corrected chi connectivity index (χ0v) is 9.91. The third kappa shape index (κ3) is 2.89. The summed E-state index contributed by atoms with van der Waals surface area (Å²) >= 11 is 7.30. The van der Waals surface area contributed by atoms with E-state index in [0.29, 0.717) is 8.66 Å². The number of thiazole rings is 1. The number of hydrogen-bond donors (Lipinski definition) is 0. The highest BCUT2D eigenvalue weighted by Gasteiger charge is 2.13. The van der Waals surface area contributed by atoms with E-state index in [1.165, 1.54) is 18.0 Å². The fourth-order valence-electron chi connectivity index (χ4n) is 0.548. The quantitative estimate of drug-likeness (QED) is 0.346. The number of rotatable bonds is 2. The van der Waals surface area contributed by atoms with Crippen molar-refractivity contribution in [3.05, 3.63) is 16.3 Å². The Morgan fingerprint density at radius 3 is 2.86 bits per heavy atom. The first kappa shape index (κ1) is 11.3. The maximum Gasteiger partial charge on any atom is 0.344 e. The molecule has 0 bridgehead atoms. The van der Waals surface area contributed by atoms with Crippen LogP contribution in [0, 0.1) is 10.1 Å². The fraction of sp³-hybridized carbons (Fsp3) is 0.333. The molecule has 0 amide bonds. The van der Waals surface area contributed by atoms with Crippen molar-refractivity contribution in [2.45, 2.75) is 4.34 Å². The van der Waals surface area contributed by atoms with E-state index in [4.69, 9.17) is 12.2 Å². The maximum atomic E-state index is 10.4. The molecule has 8 heteroatoms. The minimum absolute atomic E-state index is 0.0362. The fourth-order valence-corrected chi connectivity index (χ4v) is 2.50. The van der Waals surface area contributed by atoms with Crippen molar-refractivity contribution in [2.75, 3.05) is 14.1 Å². The van der Waals surface area contributed by atoms with Gasteiger partial charge in [0.25, 0.3) is 0 Å². The number of nitro groups is 1. The van der Waals surface area contributed by atoms with Crippen LogP contribution in [-0.4, -0.2) is 33.2 Å². The molecule has 1 aromatic heterocycles. The van der Waals surface area contributed by atoms with Gasteiger partial charge in [0, 0.05) is 14.1 Å². The molecule has 0 aliphatic heterocycles. The Morgan fingerprint density at radius 1 is 1.79 bits per heavy atom. The summed E-state index contributed by atoms with van der Waals surface area (Å²) < 4.78 is 1.23. The van der Waals surface area contributed by atoms with Crippen molar-refractivity contribution in [1.82, 2.24) is 9.88 Å². The van der Waals surface area contributed by atoms with Crippen LogP contribution in [0.15, 0.2) is 10.5 Å². The lowest BCUT2D eigenvalue weighted by Gasteiger charge is -2.10. The van der Waals surface area contributed by atoms with Crippen molar-refractivity contribution in [2.24, 2.45) is 0 Å². The van der Waals surface area contributed by atoms with Gasteiger partial charge in [0.2, 0.25) is 0 Å². The van der Waals surface area contributed by atoms with Crippen LogP contribution in [0.1, 0.15) is 0 Å². The second kappa shape index (κ2) is 4.67. The number of nitrogens with zero attached hydrogens (tertiary/aromatic N) is 3. The molecular weight excluding hydrogens is 242 g/mol. The molecule has 0 saturated heterocycles. The smallest absolute Gasteiger partial charge is 0.344 e. The third-order valence-corrected chi connectivity index (χ3v) is 3.87. The van der Waals surface area contributed by atoms with Crippen LogP contribution in [0.4, 0.5) is 5.00 Å². The second-order valence-corrected chi connectivity index (χ2v) is 5.37. The van der Waals surface area contributed by atoms with Crippen molar-refractivity contribution in [1.29, 1.82) is 0 Å². The first-order valence-electron chi connectivity index (χ1n) is 3.50. The first-order chi connectivity index (χ1) is 6.50. The predicted octanol–water partition coefficient (Wildman–Crippen LogP) is 1.99. The molecule has 1 rings (SSSR count). The maximum absolute atomic E-state index is 10.4. The summed E-state index contributed by atoms with van der Waals surface area (Å²) in [4.78, 5) is 15.5. The molecule has 0 aliphatic rings. The van der Waals surface area contributed by atoms with Crippen LogP contribution in [0.25, 0.3) is 0 Å². The number of hydrogen-bond acceptors (Lipinski definition) is 6. The molecule has 1 aromatic rings. The van der Waals surface area contributed by atoms with Crippen LogP contribution in [0.3, 0.4) is 0 Å². The summed E-state index contributed by atoms with van der Waals surface area (Å²) in [5.74, 6) is 0. The lowest BCUT2D eigenvalue weighted by atomic mass is 10.9. The standard InChI is InChI=1S/C6H7N3O2S3/c1-8(2)6(12)14-5-7-3-4(13-5)9(10)11/h3H,1-2H3. The Balaban J connectivity index is 2.69. The average Bonchev–Trinajstić information content (AvgIpc) is 2.52. The van der Waals surface area contributed by atoms with Gasteiger partial charge >= 0.3 is 5.00 Å². The summed E-state index contributed by atoms with van der Waals surface area (Å²) in [6.07, 6.45) is 1.24. The van der Waals surface area contributed by atoms with Crippen molar-refractivity contribution < 1.29 is 4.92 Å². The average molecular weight is 249 g/mol. The highest BCUT2D eigenvalue weighted by atomic mass is 32.2. The molecule has 5 nitrogen and oxygen atoms in total. The van der Waals surface area contributed by atoms with E-state index in [1.54, 1.807) is 4.90 Å². The van der Waals surface area contributed by atoms with Gasteiger partial charge in [0.1, 0.15) is 10.5 Å². The topological polar surface area (TPSA) is 59.3 Å². The summed E-state index contributed by atoms with van der Waals surface area (Å²) in [6, 6.07) is 0. The molecule has 0 spiro atoms. The van der Waals surface area contributed by atoms with E-state index in [2.05, 4.69) is 4.98 Å². The lowest BCUT2D eigenvalue weighted by Crippen LogP contribution is -2.15.